The second-order valence-corrected chi connectivity index (χ2v) is 22.5. The topological polar surface area (TPSA) is 103 Å². The Kier molecular flexibility index (Phi) is 15.4. The SMILES string of the molecule is C1=C(N2CCCC2)Cc2ccccc21.O=C1CCC2=C(Cc3ccccc32)N1.O=C1CCC2c3ccccc3C[C@@H]2N1.O=C1Cc2ccccc2C1.c1ccc2c(c1)C[C@@H]1NCCCC21.c1ccc2c(c1)Cc1ncccc1-2. The Hall–Kier alpha value is -7.68. The van der Waals surface area contributed by atoms with Gasteiger partial charge in [-0.05, 0) is 148 Å². The van der Waals surface area contributed by atoms with E-state index in [1.165, 1.54) is 130 Å². The molecule has 8 heteroatoms. The number of pyridine rings is 1. The van der Waals surface area contributed by atoms with E-state index >= 15 is 0 Å². The summed E-state index contributed by atoms with van der Waals surface area (Å²) in [4.78, 5) is 40.3. The third-order valence-corrected chi connectivity index (χ3v) is 17.6. The lowest BCUT2D eigenvalue weighted by Crippen LogP contribution is -2.41. The molecule has 8 nitrogen and oxygen atoms in total. The highest BCUT2D eigenvalue weighted by Gasteiger charge is 2.36. The number of benzene rings is 6. The van der Waals surface area contributed by atoms with Gasteiger partial charge in [0.25, 0.3) is 0 Å². The number of hydrogen-bond acceptors (Lipinski definition) is 6. The van der Waals surface area contributed by atoms with E-state index in [1.54, 1.807) is 11.1 Å². The van der Waals surface area contributed by atoms with Gasteiger partial charge in [0.05, 0.1) is 5.69 Å². The number of amides is 2. The fourth-order valence-electron chi connectivity index (χ4n) is 13.7. The molecular formula is C70H71N5O3. The van der Waals surface area contributed by atoms with E-state index in [1.807, 2.05) is 36.5 Å². The first-order chi connectivity index (χ1) is 38.4. The van der Waals surface area contributed by atoms with Gasteiger partial charge < -0.3 is 20.9 Å². The fourth-order valence-corrected chi connectivity index (χ4v) is 13.7. The first-order valence-corrected chi connectivity index (χ1v) is 28.8. The molecule has 6 aromatic carbocycles. The molecule has 4 atom stereocenters. The van der Waals surface area contributed by atoms with Crippen LogP contribution in [0.5, 0.6) is 0 Å². The van der Waals surface area contributed by atoms with Crippen LogP contribution in [0.25, 0.3) is 22.8 Å². The molecule has 17 rings (SSSR count). The molecule has 3 saturated heterocycles. The predicted octanol–water partition coefficient (Wildman–Crippen LogP) is 12.2. The summed E-state index contributed by atoms with van der Waals surface area (Å²) in [5.41, 5.74) is 23.4. The zero-order valence-electron chi connectivity index (χ0n) is 44.8. The molecule has 0 spiro atoms. The van der Waals surface area contributed by atoms with E-state index in [0.717, 1.165) is 56.2 Å². The van der Waals surface area contributed by atoms with Crippen LogP contribution in [0.3, 0.4) is 0 Å². The van der Waals surface area contributed by atoms with Crippen molar-refractivity contribution in [3.63, 3.8) is 0 Å². The molecule has 2 unspecified atom stereocenters. The molecule has 1 aromatic heterocycles. The minimum absolute atomic E-state index is 0.163. The summed E-state index contributed by atoms with van der Waals surface area (Å²) >= 11 is 0. The van der Waals surface area contributed by atoms with Crippen LogP contribution in [-0.2, 0) is 59.3 Å². The number of fused-ring (bicyclic) bond motifs is 13. The van der Waals surface area contributed by atoms with Gasteiger partial charge in [0.1, 0.15) is 5.78 Å². The molecular weight excluding hydrogens is 959 g/mol. The second kappa shape index (κ2) is 23.5. The van der Waals surface area contributed by atoms with E-state index in [4.69, 9.17) is 0 Å². The number of ketones is 1. The summed E-state index contributed by atoms with van der Waals surface area (Å²) < 4.78 is 0. The van der Waals surface area contributed by atoms with Crippen molar-refractivity contribution >= 4 is 29.2 Å². The number of likely N-dealkylation sites (tertiary alicyclic amines) is 1. The summed E-state index contributed by atoms with van der Waals surface area (Å²) in [5, 5.41) is 9.68. The number of carbonyl (C=O) groups is 3. The third-order valence-electron chi connectivity index (χ3n) is 17.6. The first-order valence-electron chi connectivity index (χ1n) is 28.8. The Morgan fingerprint density at radius 3 is 1.78 bits per heavy atom. The van der Waals surface area contributed by atoms with Crippen LogP contribution >= 0.6 is 0 Å². The lowest BCUT2D eigenvalue weighted by molar-refractivity contribution is -0.123. The summed E-state index contributed by atoms with van der Waals surface area (Å²) in [6.07, 6.45) is 19.5. The largest absolute Gasteiger partial charge is 0.375 e. The van der Waals surface area contributed by atoms with Crippen LogP contribution in [0, 0.1) is 0 Å². The number of nitrogens with one attached hydrogen (secondary N) is 3. The highest BCUT2D eigenvalue weighted by Crippen LogP contribution is 2.41. The molecule has 3 fully saturated rings. The fraction of sp³-hybridized carbons (Fsp3) is 0.314. The van der Waals surface area contributed by atoms with Gasteiger partial charge in [-0.1, -0.05) is 152 Å². The summed E-state index contributed by atoms with van der Waals surface area (Å²) in [7, 11) is 0. The number of aromatic nitrogens is 1. The van der Waals surface area contributed by atoms with Crippen molar-refractivity contribution in [2.75, 3.05) is 19.6 Å². The zero-order valence-corrected chi connectivity index (χ0v) is 44.8. The molecule has 0 radical (unpaired) electrons. The lowest BCUT2D eigenvalue weighted by Gasteiger charge is -2.26. The maximum atomic E-state index is 11.2. The predicted molar refractivity (Wildman–Crippen MR) is 313 cm³/mol. The monoisotopic (exact) mass is 1030 g/mol. The number of nitrogens with zero attached hydrogens (tertiary/aromatic N) is 2. The highest BCUT2D eigenvalue weighted by molar-refractivity contribution is 5.89. The van der Waals surface area contributed by atoms with E-state index in [-0.39, 0.29) is 11.8 Å². The van der Waals surface area contributed by atoms with E-state index in [2.05, 4.69) is 159 Å². The van der Waals surface area contributed by atoms with E-state index in [9.17, 15) is 14.4 Å². The molecule has 78 heavy (non-hydrogen) atoms. The Labute approximate surface area is 460 Å². The number of Topliss-reactive ketones (excluding diaryl/α,β-unsaturated/α-hetero) is 1. The normalized spacial score (nSPS) is 21.4. The van der Waals surface area contributed by atoms with Gasteiger partial charge in [0.2, 0.25) is 11.8 Å². The maximum absolute atomic E-state index is 11.2. The molecule has 0 bridgehead atoms. The summed E-state index contributed by atoms with van der Waals surface area (Å²) in [5.74, 6) is 2.12. The molecule has 7 aromatic rings. The van der Waals surface area contributed by atoms with Crippen LogP contribution in [-0.4, -0.2) is 59.2 Å². The first kappa shape index (κ1) is 51.1. The second-order valence-electron chi connectivity index (χ2n) is 22.5. The molecule has 2 amide bonds. The average Bonchev–Trinajstić information content (AvgIpc) is 4.36. The quantitative estimate of drug-likeness (QED) is 0.151. The Bertz CT molecular complexity index is 3340. The van der Waals surface area contributed by atoms with Crippen molar-refractivity contribution in [1.82, 2.24) is 25.8 Å². The molecule has 0 saturated carbocycles. The molecule has 394 valence electrons. The van der Waals surface area contributed by atoms with Gasteiger partial charge in [-0.15, -0.1) is 0 Å². The van der Waals surface area contributed by atoms with Crippen LogP contribution in [0.1, 0.15) is 130 Å². The van der Waals surface area contributed by atoms with Gasteiger partial charge >= 0.3 is 0 Å². The van der Waals surface area contributed by atoms with Gasteiger partial charge in [0, 0.05) is 99.2 Å². The highest BCUT2D eigenvalue weighted by atomic mass is 16.2. The zero-order chi connectivity index (χ0) is 52.8. The smallest absolute Gasteiger partial charge is 0.224 e. The molecule has 10 aliphatic rings. The molecule has 3 N–H and O–H groups in total. The van der Waals surface area contributed by atoms with Crippen molar-refractivity contribution in [2.45, 2.75) is 120 Å². The summed E-state index contributed by atoms with van der Waals surface area (Å²) in [6.45, 7) is 3.74. The van der Waals surface area contributed by atoms with E-state index in [0.29, 0.717) is 43.4 Å². The number of allylic oxidation sites excluding steroid dienone is 3. The molecule has 5 heterocycles. The number of piperidine rings is 2. The van der Waals surface area contributed by atoms with Crippen LogP contribution < -0.4 is 16.0 Å². The number of carbonyl (C=O) groups excluding carboxylic acids is 3. The van der Waals surface area contributed by atoms with Crippen molar-refractivity contribution in [2.24, 2.45) is 0 Å². The standard InChI is InChI=1S/C13H15N.C12H13NO.C12H11NO.C12H15N.C12H9N.C9H8O/c1-2-6-12-10-13(9-11(12)5-1)14-7-3-4-8-14;2*14-12-6-5-10-9-4-2-1-3-8(9)7-11(10)13-12;2*1-2-5-10-9(4-1)8-12-11(10)6-3-7-13-12;10-9-5-7-3-1-2-4-8(7)6-9/h1-2,5-6,9H,3-4,7-8,10H2;1-4,10-11H,5-7H2,(H,13,14);1-4H,5-7H2,(H,13,14);1-2,4-5,11-13H,3,6-8H2;1-7H,8H2;1-4H,5-6H2/t;10?,11-;;11?,12-;;/m.0.0../s1. The number of rotatable bonds is 1. The average molecular weight is 1030 g/mol. The van der Waals surface area contributed by atoms with Crippen LogP contribution in [0.2, 0.25) is 0 Å². The van der Waals surface area contributed by atoms with Crippen molar-refractivity contribution in [3.8, 4) is 11.1 Å². The minimum atomic E-state index is 0.163. The van der Waals surface area contributed by atoms with E-state index < -0.39 is 0 Å². The molecule has 6 aliphatic carbocycles. The minimum Gasteiger partial charge on any atom is -0.375 e. The van der Waals surface area contributed by atoms with Crippen LogP contribution in [0.4, 0.5) is 0 Å². The Balaban J connectivity index is 0.0000000940. The van der Waals surface area contributed by atoms with Gasteiger partial charge in [0.15, 0.2) is 0 Å². The third kappa shape index (κ3) is 11.3. The summed E-state index contributed by atoms with van der Waals surface area (Å²) in [6, 6.07) is 56.4. The number of hydrogen-bond donors (Lipinski definition) is 3. The lowest BCUT2D eigenvalue weighted by atomic mass is 9.90. The van der Waals surface area contributed by atoms with Gasteiger partial charge in [-0.3, -0.25) is 19.4 Å². The van der Waals surface area contributed by atoms with Gasteiger partial charge in [-0.2, -0.15) is 0 Å². The Morgan fingerprint density at radius 1 is 0.474 bits per heavy atom. The molecule has 4 aliphatic heterocycles. The Morgan fingerprint density at radius 2 is 1.06 bits per heavy atom. The maximum Gasteiger partial charge on any atom is 0.224 e. The van der Waals surface area contributed by atoms with Crippen molar-refractivity contribution in [1.29, 1.82) is 0 Å². The van der Waals surface area contributed by atoms with Crippen LogP contribution in [0.15, 0.2) is 175 Å². The van der Waals surface area contributed by atoms with Gasteiger partial charge in [-0.25, -0.2) is 0 Å². The van der Waals surface area contributed by atoms with Crippen molar-refractivity contribution < 1.29 is 14.4 Å². The van der Waals surface area contributed by atoms with Crippen molar-refractivity contribution in [3.05, 3.63) is 242 Å².